The van der Waals surface area contributed by atoms with Crippen molar-refractivity contribution in [1.82, 2.24) is 0 Å². The summed E-state index contributed by atoms with van der Waals surface area (Å²) in [5.74, 6) is 1.84. The molecule has 0 bridgehead atoms. The molecule has 0 radical (unpaired) electrons. The van der Waals surface area contributed by atoms with E-state index in [2.05, 4.69) is 0 Å². The SMILES string of the molecule is CN(C(=O)C1C2CCCC21)c1ccccc1N. The van der Waals surface area contributed by atoms with E-state index in [9.17, 15) is 4.79 Å². The molecule has 90 valence electrons. The molecule has 1 aromatic carbocycles. The van der Waals surface area contributed by atoms with Gasteiger partial charge in [0.1, 0.15) is 0 Å². The maximum Gasteiger partial charge on any atom is 0.230 e. The Morgan fingerprint density at radius 1 is 1.29 bits per heavy atom. The van der Waals surface area contributed by atoms with Crippen LogP contribution in [0.5, 0.6) is 0 Å². The summed E-state index contributed by atoms with van der Waals surface area (Å²) >= 11 is 0. The van der Waals surface area contributed by atoms with Gasteiger partial charge in [-0.25, -0.2) is 0 Å². The van der Waals surface area contributed by atoms with E-state index in [1.165, 1.54) is 19.3 Å². The Hall–Kier alpha value is -1.51. The highest BCUT2D eigenvalue weighted by atomic mass is 16.2. The predicted octanol–water partition coefficient (Wildman–Crippen LogP) is 2.28. The molecular weight excluding hydrogens is 212 g/mol. The molecule has 2 aliphatic carbocycles. The van der Waals surface area contributed by atoms with Gasteiger partial charge in [-0.05, 0) is 36.8 Å². The lowest BCUT2D eigenvalue weighted by atomic mass is 10.1. The van der Waals surface area contributed by atoms with Crippen molar-refractivity contribution in [2.75, 3.05) is 17.7 Å². The molecule has 2 aliphatic rings. The molecule has 2 unspecified atom stereocenters. The molecule has 0 saturated heterocycles. The van der Waals surface area contributed by atoms with Gasteiger partial charge in [-0.3, -0.25) is 4.79 Å². The highest BCUT2D eigenvalue weighted by molar-refractivity contribution is 5.99. The van der Waals surface area contributed by atoms with Crippen LogP contribution in [-0.2, 0) is 4.79 Å². The number of fused-ring (bicyclic) bond motifs is 1. The van der Waals surface area contributed by atoms with Gasteiger partial charge in [0.25, 0.3) is 0 Å². The maximum atomic E-state index is 12.3. The third kappa shape index (κ3) is 1.61. The third-order valence-corrected chi connectivity index (χ3v) is 4.32. The highest BCUT2D eigenvalue weighted by Crippen LogP contribution is 2.58. The van der Waals surface area contributed by atoms with Gasteiger partial charge in [-0.1, -0.05) is 18.6 Å². The van der Waals surface area contributed by atoms with Crippen LogP contribution < -0.4 is 10.6 Å². The van der Waals surface area contributed by atoms with Gasteiger partial charge in [0.2, 0.25) is 5.91 Å². The second kappa shape index (κ2) is 3.76. The standard InChI is InChI=1S/C14H18N2O/c1-16(12-8-3-2-7-11(12)15)14(17)13-9-5-4-6-10(9)13/h2-3,7-10,13H,4-6,15H2,1H3. The molecule has 17 heavy (non-hydrogen) atoms. The second-order valence-electron chi connectivity index (χ2n) is 5.24. The summed E-state index contributed by atoms with van der Waals surface area (Å²) < 4.78 is 0. The van der Waals surface area contributed by atoms with Gasteiger partial charge >= 0.3 is 0 Å². The van der Waals surface area contributed by atoms with Gasteiger partial charge in [-0.2, -0.15) is 0 Å². The van der Waals surface area contributed by atoms with Crippen molar-refractivity contribution in [2.45, 2.75) is 19.3 Å². The number of hydrogen-bond donors (Lipinski definition) is 1. The van der Waals surface area contributed by atoms with Crippen molar-refractivity contribution in [3.05, 3.63) is 24.3 Å². The Morgan fingerprint density at radius 2 is 1.94 bits per heavy atom. The number of nitrogens with two attached hydrogens (primary N) is 1. The predicted molar refractivity (Wildman–Crippen MR) is 68.6 cm³/mol. The summed E-state index contributed by atoms with van der Waals surface area (Å²) in [4.78, 5) is 14.1. The van der Waals surface area contributed by atoms with Crippen LogP contribution in [0.4, 0.5) is 11.4 Å². The zero-order valence-corrected chi connectivity index (χ0v) is 10.1. The first kappa shape index (κ1) is 10.6. The average molecular weight is 230 g/mol. The van der Waals surface area contributed by atoms with Gasteiger partial charge < -0.3 is 10.6 Å². The van der Waals surface area contributed by atoms with Gasteiger partial charge in [0.15, 0.2) is 0 Å². The van der Waals surface area contributed by atoms with Crippen molar-refractivity contribution in [1.29, 1.82) is 0 Å². The molecule has 2 saturated carbocycles. The molecule has 0 aromatic heterocycles. The monoisotopic (exact) mass is 230 g/mol. The minimum absolute atomic E-state index is 0.248. The van der Waals surface area contributed by atoms with Crippen LogP contribution in [0.15, 0.2) is 24.3 Å². The summed E-state index contributed by atoms with van der Waals surface area (Å²) in [7, 11) is 1.84. The molecule has 3 heteroatoms. The van der Waals surface area contributed by atoms with E-state index in [1.54, 1.807) is 4.90 Å². The number of rotatable bonds is 2. The fourth-order valence-corrected chi connectivity index (χ4v) is 3.32. The number of nitrogen functional groups attached to an aromatic ring is 1. The Bertz CT molecular complexity index is 447. The van der Waals surface area contributed by atoms with E-state index in [0.29, 0.717) is 17.5 Å². The number of carbonyl (C=O) groups excluding carboxylic acids is 1. The normalized spacial score (nSPS) is 29.8. The first-order valence-electron chi connectivity index (χ1n) is 6.32. The third-order valence-electron chi connectivity index (χ3n) is 4.32. The lowest BCUT2D eigenvalue weighted by Gasteiger charge is -2.20. The molecule has 0 heterocycles. The fraction of sp³-hybridized carbons (Fsp3) is 0.500. The zero-order chi connectivity index (χ0) is 12.0. The molecular formula is C14H18N2O. The average Bonchev–Trinajstić information content (AvgIpc) is 2.81. The van der Waals surface area contributed by atoms with E-state index in [4.69, 9.17) is 5.73 Å². The molecule has 1 aromatic rings. The molecule has 0 spiro atoms. The molecule has 2 fully saturated rings. The van der Waals surface area contributed by atoms with Crippen LogP contribution in [0, 0.1) is 17.8 Å². The Kier molecular flexibility index (Phi) is 2.35. The van der Waals surface area contributed by atoms with Crippen LogP contribution in [0.25, 0.3) is 0 Å². The van der Waals surface area contributed by atoms with Crippen LogP contribution >= 0.6 is 0 Å². The number of amides is 1. The van der Waals surface area contributed by atoms with Gasteiger partial charge in [-0.15, -0.1) is 0 Å². The van der Waals surface area contributed by atoms with Crippen molar-refractivity contribution in [3.63, 3.8) is 0 Å². The van der Waals surface area contributed by atoms with E-state index >= 15 is 0 Å². The number of nitrogens with zero attached hydrogens (tertiary/aromatic N) is 1. The largest absolute Gasteiger partial charge is 0.397 e. The summed E-state index contributed by atoms with van der Waals surface area (Å²) in [6.07, 6.45) is 3.77. The molecule has 2 atom stereocenters. The summed E-state index contributed by atoms with van der Waals surface area (Å²) in [5, 5.41) is 0. The molecule has 2 N–H and O–H groups in total. The highest BCUT2D eigenvalue weighted by Gasteiger charge is 2.57. The van der Waals surface area contributed by atoms with Crippen molar-refractivity contribution in [2.24, 2.45) is 17.8 Å². The lowest BCUT2D eigenvalue weighted by molar-refractivity contribution is -0.120. The van der Waals surface area contributed by atoms with Crippen molar-refractivity contribution in [3.8, 4) is 0 Å². The Morgan fingerprint density at radius 3 is 2.59 bits per heavy atom. The maximum absolute atomic E-state index is 12.3. The first-order valence-corrected chi connectivity index (χ1v) is 6.32. The minimum Gasteiger partial charge on any atom is -0.397 e. The lowest BCUT2D eigenvalue weighted by Crippen LogP contribution is -2.29. The molecule has 3 nitrogen and oxygen atoms in total. The zero-order valence-electron chi connectivity index (χ0n) is 10.1. The van der Waals surface area contributed by atoms with Crippen LogP contribution in [0.2, 0.25) is 0 Å². The second-order valence-corrected chi connectivity index (χ2v) is 5.24. The molecule has 3 rings (SSSR count). The van der Waals surface area contributed by atoms with E-state index in [0.717, 1.165) is 5.69 Å². The minimum atomic E-state index is 0.248. The van der Waals surface area contributed by atoms with Crippen molar-refractivity contribution < 1.29 is 4.79 Å². The fourth-order valence-electron chi connectivity index (χ4n) is 3.32. The number of benzene rings is 1. The topological polar surface area (TPSA) is 46.3 Å². The number of carbonyl (C=O) groups is 1. The van der Waals surface area contributed by atoms with Gasteiger partial charge in [0, 0.05) is 13.0 Å². The van der Waals surface area contributed by atoms with E-state index in [-0.39, 0.29) is 11.8 Å². The summed E-state index contributed by atoms with van der Waals surface area (Å²) in [6.45, 7) is 0. The van der Waals surface area contributed by atoms with E-state index < -0.39 is 0 Å². The van der Waals surface area contributed by atoms with E-state index in [1.807, 2.05) is 31.3 Å². The van der Waals surface area contributed by atoms with Crippen LogP contribution in [0.1, 0.15) is 19.3 Å². The van der Waals surface area contributed by atoms with Gasteiger partial charge in [0.05, 0.1) is 11.4 Å². The number of para-hydroxylation sites is 2. The van der Waals surface area contributed by atoms with Crippen LogP contribution in [0.3, 0.4) is 0 Å². The molecule has 0 aliphatic heterocycles. The smallest absolute Gasteiger partial charge is 0.230 e. The van der Waals surface area contributed by atoms with Crippen molar-refractivity contribution >= 4 is 17.3 Å². The number of hydrogen-bond acceptors (Lipinski definition) is 2. The quantitative estimate of drug-likeness (QED) is 0.792. The first-order chi connectivity index (χ1) is 8.20. The number of anilines is 2. The summed E-state index contributed by atoms with van der Waals surface area (Å²) in [5.41, 5.74) is 7.41. The Labute approximate surface area is 102 Å². The Balaban J connectivity index is 1.77. The summed E-state index contributed by atoms with van der Waals surface area (Å²) in [6, 6.07) is 7.56. The van der Waals surface area contributed by atoms with Crippen LogP contribution in [-0.4, -0.2) is 13.0 Å². The molecule has 1 amide bonds.